The van der Waals surface area contributed by atoms with Crippen molar-refractivity contribution in [3.05, 3.63) is 88.2 Å². The first kappa shape index (κ1) is 18.6. The molecule has 0 saturated carbocycles. The summed E-state index contributed by atoms with van der Waals surface area (Å²) in [6.45, 7) is 3.79. The topological polar surface area (TPSA) is 71.1 Å². The van der Waals surface area contributed by atoms with Gasteiger partial charge < -0.3 is 10.6 Å². The molecular formula is C21H18ClN3O2. The van der Waals surface area contributed by atoms with E-state index in [2.05, 4.69) is 15.6 Å². The molecule has 2 N–H and O–H groups in total. The van der Waals surface area contributed by atoms with Crippen molar-refractivity contribution >= 4 is 34.8 Å². The lowest BCUT2D eigenvalue weighted by Gasteiger charge is -2.09. The average molecular weight is 380 g/mol. The van der Waals surface area contributed by atoms with Crippen molar-refractivity contribution in [3.63, 3.8) is 0 Å². The van der Waals surface area contributed by atoms with E-state index in [1.165, 1.54) is 0 Å². The highest BCUT2D eigenvalue weighted by Gasteiger charge is 2.14. The Morgan fingerprint density at radius 1 is 0.852 bits per heavy atom. The number of rotatable bonds is 4. The van der Waals surface area contributed by atoms with E-state index >= 15 is 0 Å². The molecule has 0 unspecified atom stereocenters. The van der Waals surface area contributed by atoms with Gasteiger partial charge in [-0.05, 0) is 67.4 Å². The van der Waals surface area contributed by atoms with Gasteiger partial charge in [0.15, 0.2) is 0 Å². The van der Waals surface area contributed by atoms with E-state index in [-0.39, 0.29) is 17.3 Å². The maximum Gasteiger partial charge on any atom is 0.274 e. The second-order valence-electron chi connectivity index (χ2n) is 6.15. The van der Waals surface area contributed by atoms with Crippen LogP contribution in [0.15, 0.2) is 60.7 Å². The smallest absolute Gasteiger partial charge is 0.274 e. The molecule has 0 radical (unpaired) electrons. The second kappa shape index (κ2) is 8.01. The van der Waals surface area contributed by atoms with Crippen LogP contribution in [-0.2, 0) is 0 Å². The third kappa shape index (κ3) is 4.71. The van der Waals surface area contributed by atoms with Gasteiger partial charge in [0.25, 0.3) is 11.8 Å². The zero-order valence-electron chi connectivity index (χ0n) is 14.9. The molecule has 0 saturated heterocycles. The Labute approximate surface area is 162 Å². The molecule has 1 aromatic heterocycles. The molecule has 136 valence electrons. The van der Waals surface area contributed by atoms with Crippen LogP contribution in [0, 0.1) is 13.8 Å². The van der Waals surface area contributed by atoms with Crippen LogP contribution in [0.2, 0.25) is 5.02 Å². The minimum atomic E-state index is -0.398. The number of carbonyl (C=O) groups excluding carboxylic acids is 2. The van der Waals surface area contributed by atoms with E-state index < -0.39 is 5.91 Å². The van der Waals surface area contributed by atoms with Gasteiger partial charge in [0.1, 0.15) is 11.4 Å². The fourth-order valence-electron chi connectivity index (χ4n) is 2.56. The Kier molecular flexibility index (Phi) is 5.52. The Balaban J connectivity index is 1.76. The zero-order valence-corrected chi connectivity index (χ0v) is 15.7. The van der Waals surface area contributed by atoms with Gasteiger partial charge in [-0.25, -0.2) is 4.98 Å². The van der Waals surface area contributed by atoms with Crippen molar-refractivity contribution in [2.75, 3.05) is 10.6 Å². The summed E-state index contributed by atoms with van der Waals surface area (Å²) in [5, 5.41) is 6.16. The van der Waals surface area contributed by atoms with Crippen LogP contribution in [-0.4, -0.2) is 16.8 Å². The number of hydrogen-bond acceptors (Lipinski definition) is 3. The predicted molar refractivity (Wildman–Crippen MR) is 108 cm³/mol. The molecule has 0 bridgehead atoms. The molecular weight excluding hydrogens is 362 g/mol. The second-order valence-corrected chi connectivity index (χ2v) is 6.58. The van der Waals surface area contributed by atoms with Crippen LogP contribution in [0.1, 0.15) is 32.1 Å². The van der Waals surface area contributed by atoms with E-state index in [4.69, 9.17) is 11.6 Å². The first-order valence-electron chi connectivity index (χ1n) is 8.35. The van der Waals surface area contributed by atoms with Crippen molar-refractivity contribution in [2.24, 2.45) is 0 Å². The fourth-order valence-corrected chi connectivity index (χ4v) is 2.79. The molecule has 3 rings (SSSR count). The quantitative estimate of drug-likeness (QED) is 0.680. The minimum Gasteiger partial charge on any atom is -0.321 e. The van der Waals surface area contributed by atoms with Crippen LogP contribution in [0.4, 0.5) is 11.4 Å². The Bertz CT molecular complexity index is 1020. The third-order valence-corrected chi connectivity index (χ3v) is 4.16. The minimum absolute atomic E-state index is 0.154. The molecule has 0 atom stereocenters. The summed E-state index contributed by atoms with van der Waals surface area (Å²) in [6, 6.07) is 17.4. The summed E-state index contributed by atoms with van der Waals surface area (Å²) >= 11 is 5.93. The Morgan fingerprint density at radius 2 is 1.52 bits per heavy atom. The summed E-state index contributed by atoms with van der Waals surface area (Å²) < 4.78 is 0. The van der Waals surface area contributed by atoms with E-state index in [1.54, 1.807) is 42.5 Å². The number of aromatic nitrogens is 1. The molecule has 3 aromatic rings. The number of amides is 2. The zero-order chi connectivity index (χ0) is 19.4. The molecule has 0 fully saturated rings. The van der Waals surface area contributed by atoms with Crippen molar-refractivity contribution in [2.45, 2.75) is 13.8 Å². The van der Waals surface area contributed by atoms with E-state index in [0.29, 0.717) is 16.4 Å². The first-order valence-corrected chi connectivity index (χ1v) is 8.73. The predicted octanol–water partition coefficient (Wildman–Crippen LogP) is 4.86. The highest BCUT2D eigenvalue weighted by atomic mass is 35.5. The molecule has 0 aliphatic heterocycles. The van der Waals surface area contributed by atoms with Crippen LogP contribution in [0.3, 0.4) is 0 Å². The number of nitrogens with one attached hydrogen (secondary N) is 2. The van der Waals surface area contributed by atoms with Crippen LogP contribution in [0.25, 0.3) is 0 Å². The van der Waals surface area contributed by atoms with Gasteiger partial charge in [-0.3, -0.25) is 9.59 Å². The molecule has 27 heavy (non-hydrogen) atoms. The maximum absolute atomic E-state index is 12.5. The van der Waals surface area contributed by atoms with Gasteiger partial charge in [-0.2, -0.15) is 0 Å². The molecule has 5 nitrogen and oxygen atoms in total. The largest absolute Gasteiger partial charge is 0.321 e. The lowest BCUT2D eigenvalue weighted by Crippen LogP contribution is -2.18. The van der Waals surface area contributed by atoms with Gasteiger partial charge >= 0.3 is 0 Å². The van der Waals surface area contributed by atoms with Gasteiger partial charge in [0.2, 0.25) is 0 Å². The number of aryl methyl sites for hydroxylation is 2. The third-order valence-electron chi connectivity index (χ3n) is 3.93. The number of nitrogens with zero attached hydrogens (tertiary/aromatic N) is 1. The van der Waals surface area contributed by atoms with Gasteiger partial charge in [-0.15, -0.1) is 0 Å². The Morgan fingerprint density at radius 3 is 2.19 bits per heavy atom. The molecule has 1 heterocycles. The monoisotopic (exact) mass is 379 g/mol. The molecule has 2 aromatic carbocycles. The van der Waals surface area contributed by atoms with Crippen molar-refractivity contribution in [3.8, 4) is 0 Å². The number of benzene rings is 2. The summed E-state index contributed by atoms with van der Waals surface area (Å²) in [7, 11) is 0. The summed E-state index contributed by atoms with van der Waals surface area (Å²) in [5.41, 5.74) is 3.50. The molecule has 0 aliphatic rings. The highest BCUT2D eigenvalue weighted by Crippen LogP contribution is 2.20. The highest BCUT2D eigenvalue weighted by molar-refractivity contribution is 6.30. The van der Waals surface area contributed by atoms with Gasteiger partial charge in [0, 0.05) is 16.4 Å². The number of hydrogen-bond donors (Lipinski definition) is 2. The van der Waals surface area contributed by atoms with Crippen molar-refractivity contribution < 1.29 is 9.59 Å². The lowest BCUT2D eigenvalue weighted by molar-refractivity contribution is 0.101. The summed E-state index contributed by atoms with van der Waals surface area (Å²) in [6.07, 6.45) is 0. The lowest BCUT2D eigenvalue weighted by atomic mass is 10.2. The summed E-state index contributed by atoms with van der Waals surface area (Å²) in [4.78, 5) is 29.1. The van der Waals surface area contributed by atoms with E-state index in [9.17, 15) is 9.59 Å². The normalized spacial score (nSPS) is 10.3. The fraction of sp³-hybridized carbons (Fsp3) is 0.0952. The number of halogens is 1. The molecule has 6 heteroatoms. The standard InChI is InChI=1S/C21H18ClN3O2/c1-13-5-3-6-16(11-13)23-20(26)18-7-4-8-19(24-18)21(27)25-17-10-9-15(22)12-14(17)2/h3-12H,1-2H3,(H,23,26)(H,25,27). The Hall–Kier alpha value is -3.18. The van der Waals surface area contributed by atoms with Crippen LogP contribution in [0.5, 0.6) is 0 Å². The van der Waals surface area contributed by atoms with Crippen LogP contribution < -0.4 is 10.6 Å². The summed E-state index contributed by atoms with van der Waals surface area (Å²) in [5.74, 6) is -0.774. The molecule has 2 amide bonds. The first-order chi connectivity index (χ1) is 12.9. The number of carbonyl (C=O) groups is 2. The van der Waals surface area contributed by atoms with E-state index in [0.717, 1.165) is 11.1 Å². The number of pyridine rings is 1. The van der Waals surface area contributed by atoms with E-state index in [1.807, 2.05) is 32.0 Å². The number of anilines is 2. The molecule has 0 spiro atoms. The van der Waals surface area contributed by atoms with Gasteiger partial charge in [-0.1, -0.05) is 29.8 Å². The van der Waals surface area contributed by atoms with Crippen LogP contribution >= 0.6 is 11.6 Å². The SMILES string of the molecule is Cc1cccc(NC(=O)c2cccc(C(=O)Nc3ccc(Cl)cc3C)n2)c1. The van der Waals surface area contributed by atoms with Crippen molar-refractivity contribution in [1.82, 2.24) is 4.98 Å². The van der Waals surface area contributed by atoms with Crippen molar-refractivity contribution in [1.29, 1.82) is 0 Å². The average Bonchev–Trinajstić information content (AvgIpc) is 2.64. The van der Waals surface area contributed by atoms with Gasteiger partial charge in [0.05, 0.1) is 0 Å². The maximum atomic E-state index is 12.5. The molecule has 0 aliphatic carbocycles.